The molecular weight excluding hydrogens is 208 g/mol. The summed E-state index contributed by atoms with van der Waals surface area (Å²) in [5.41, 5.74) is 8.77. The van der Waals surface area contributed by atoms with E-state index in [0.717, 1.165) is 18.9 Å². The topological polar surface area (TPSA) is 29.3 Å². The molecule has 2 nitrogen and oxygen atoms in total. The first-order valence-electron chi connectivity index (χ1n) is 6.66. The average Bonchev–Trinajstić information content (AvgIpc) is 3.11. The standard InChI is InChI=1S/C15H24N2/c1-12-3-7-14(8-4-12)15(16)9-10-17(2)11-13-5-6-13/h3-4,7-8,13,15H,5-6,9-11,16H2,1-2H3. The van der Waals surface area contributed by atoms with Gasteiger partial charge in [0, 0.05) is 12.6 Å². The minimum Gasteiger partial charge on any atom is -0.324 e. The molecule has 94 valence electrons. The van der Waals surface area contributed by atoms with Crippen LogP contribution in [0.5, 0.6) is 0 Å². The van der Waals surface area contributed by atoms with E-state index >= 15 is 0 Å². The van der Waals surface area contributed by atoms with Crippen molar-refractivity contribution >= 4 is 0 Å². The lowest BCUT2D eigenvalue weighted by Crippen LogP contribution is -2.25. The van der Waals surface area contributed by atoms with Crippen LogP contribution in [0.3, 0.4) is 0 Å². The molecule has 2 rings (SSSR count). The van der Waals surface area contributed by atoms with Gasteiger partial charge in [-0.3, -0.25) is 0 Å². The van der Waals surface area contributed by atoms with Gasteiger partial charge < -0.3 is 10.6 Å². The summed E-state index contributed by atoms with van der Waals surface area (Å²) in [6, 6.07) is 8.77. The quantitative estimate of drug-likeness (QED) is 0.817. The van der Waals surface area contributed by atoms with Crippen LogP contribution in [-0.4, -0.2) is 25.0 Å². The zero-order valence-corrected chi connectivity index (χ0v) is 11.0. The highest BCUT2D eigenvalue weighted by Gasteiger charge is 2.22. The molecule has 0 aromatic heterocycles. The van der Waals surface area contributed by atoms with Crippen molar-refractivity contribution in [2.75, 3.05) is 20.1 Å². The largest absolute Gasteiger partial charge is 0.324 e. The van der Waals surface area contributed by atoms with E-state index in [1.165, 1.54) is 30.5 Å². The predicted octanol–water partition coefficient (Wildman–Crippen LogP) is 2.73. The number of hydrogen-bond donors (Lipinski definition) is 1. The van der Waals surface area contributed by atoms with Gasteiger partial charge in [0.05, 0.1) is 0 Å². The molecule has 0 heterocycles. The second kappa shape index (κ2) is 5.65. The summed E-state index contributed by atoms with van der Waals surface area (Å²) >= 11 is 0. The second-order valence-corrected chi connectivity index (χ2v) is 5.51. The van der Waals surface area contributed by atoms with Crippen molar-refractivity contribution in [3.05, 3.63) is 35.4 Å². The summed E-state index contributed by atoms with van der Waals surface area (Å²) in [4.78, 5) is 2.42. The Hall–Kier alpha value is -0.860. The Morgan fingerprint density at radius 2 is 1.94 bits per heavy atom. The van der Waals surface area contributed by atoms with Gasteiger partial charge in [-0.25, -0.2) is 0 Å². The molecule has 1 aromatic rings. The molecule has 1 fully saturated rings. The van der Waals surface area contributed by atoms with Crippen molar-refractivity contribution in [3.8, 4) is 0 Å². The molecule has 0 bridgehead atoms. The summed E-state index contributed by atoms with van der Waals surface area (Å²) in [6.07, 6.45) is 3.90. The summed E-state index contributed by atoms with van der Waals surface area (Å²) in [7, 11) is 2.21. The van der Waals surface area contributed by atoms with Crippen molar-refractivity contribution in [3.63, 3.8) is 0 Å². The van der Waals surface area contributed by atoms with E-state index in [1.807, 2.05) is 0 Å². The molecule has 17 heavy (non-hydrogen) atoms. The van der Waals surface area contributed by atoms with Crippen LogP contribution in [0.4, 0.5) is 0 Å². The van der Waals surface area contributed by atoms with Crippen LogP contribution in [0.25, 0.3) is 0 Å². The Balaban J connectivity index is 1.75. The molecule has 1 saturated carbocycles. The lowest BCUT2D eigenvalue weighted by molar-refractivity contribution is 0.306. The van der Waals surface area contributed by atoms with Gasteiger partial charge in [0.2, 0.25) is 0 Å². The van der Waals surface area contributed by atoms with E-state index in [9.17, 15) is 0 Å². The fourth-order valence-corrected chi connectivity index (χ4v) is 2.17. The van der Waals surface area contributed by atoms with Gasteiger partial charge in [0.1, 0.15) is 0 Å². The van der Waals surface area contributed by atoms with Gasteiger partial charge in [-0.15, -0.1) is 0 Å². The van der Waals surface area contributed by atoms with E-state index in [1.54, 1.807) is 0 Å². The Labute approximate surface area is 105 Å². The highest BCUT2D eigenvalue weighted by Crippen LogP contribution is 2.29. The van der Waals surface area contributed by atoms with E-state index in [-0.39, 0.29) is 6.04 Å². The molecule has 1 unspecified atom stereocenters. The van der Waals surface area contributed by atoms with Crippen LogP contribution in [0.1, 0.15) is 36.4 Å². The van der Waals surface area contributed by atoms with E-state index in [2.05, 4.69) is 43.1 Å². The van der Waals surface area contributed by atoms with Gasteiger partial charge in [0.25, 0.3) is 0 Å². The SMILES string of the molecule is Cc1ccc(C(N)CCN(C)CC2CC2)cc1. The van der Waals surface area contributed by atoms with Crippen LogP contribution in [0.2, 0.25) is 0 Å². The van der Waals surface area contributed by atoms with E-state index in [0.29, 0.717) is 0 Å². The molecule has 0 radical (unpaired) electrons. The first kappa shape index (κ1) is 12.6. The van der Waals surface area contributed by atoms with Crippen LogP contribution < -0.4 is 5.73 Å². The van der Waals surface area contributed by atoms with Crippen LogP contribution in [0.15, 0.2) is 24.3 Å². The predicted molar refractivity (Wildman–Crippen MR) is 72.9 cm³/mol. The normalized spacial score (nSPS) is 17.4. The molecule has 2 heteroatoms. The number of aryl methyl sites for hydroxylation is 1. The molecule has 1 aliphatic carbocycles. The van der Waals surface area contributed by atoms with Gasteiger partial charge in [-0.1, -0.05) is 29.8 Å². The third-order valence-corrected chi connectivity index (χ3v) is 3.59. The lowest BCUT2D eigenvalue weighted by atomic mass is 10.0. The van der Waals surface area contributed by atoms with E-state index in [4.69, 9.17) is 5.73 Å². The average molecular weight is 232 g/mol. The zero-order chi connectivity index (χ0) is 12.3. The maximum Gasteiger partial charge on any atom is 0.0307 e. The number of rotatable bonds is 6. The molecule has 1 atom stereocenters. The summed E-state index contributed by atoms with van der Waals surface area (Å²) in [5.74, 6) is 0.968. The van der Waals surface area contributed by atoms with Gasteiger partial charge >= 0.3 is 0 Å². The minimum atomic E-state index is 0.178. The third-order valence-electron chi connectivity index (χ3n) is 3.59. The number of nitrogens with two attached hydrogens (primary N) is 1. The third kappa shape index (κ3) is 4.14. The highest BCUT2D eigenvalue weighted by atomic mass is 15.1. The van der Waals surface area contributed by atoms with E-state index < -0.39 is 0 Å². The molecule has 0 spiro atoms. The Bertz CT molecular complexity index is 340. The number of nitrogens with zero attached hydrogens (tertiary/aromatic N) is 1. The highest BCUT2D eigenvalue weighted by molar-refractivity contribution is 5.23. The number of hydrogen-bond acceptors (Lipinski definition) is 2. The van der Waals surface area contributed by atoms with Crippen LogP contribution in [0, 0.1) is 12.8 Å². The summed E-state index contributed by atoms with van der Waals surface area (Å²) in [5, 5.41) is 0. The van der Waals surface area contributed by atoms with Gasteiger partial charge in [-0.05, 0) is 51.3 Å². The maximum atomic E-state index is 6.21. The molecule has 0 amide bonds. The first-order chi connectivity index (χ1) is 8.15. The number of benzene rings is 1. The monoisotopic (exact) mass is 232 g/mol. The zero-order valence-electron chi connectivity index (χ0n) is 11.0. The Kier molecular flexibility index (Phi) is 4.19. The molecule has 0 saturated heterocycles. The van der Waals surface area contributed by atoms with Crippen LogP contribution >= 0.6 is 0 Å². The molecular formula is C15H24N2. The minimum absolute atomic E-state index is 0.178. The van der Waals surface area contributed by atoms with Crippen molar-refractivity contribution in [1.82, 2.24) is 4.90 Å². The van der Waals surface area contributed by atoms with Gasteiger partial charge in [-0.2, -0.15) is 0 Å². The molecule has 1 aliphatic rings. The molecule has 2 N–H and O–H groups in total. The molecule has 0 aliphatic heterocycles. The van der Waals surface area contributed by atoms with Crippen molar-refractivity contribution in [2.24, 2.45) is 11.7 Å². The fraction of sp³-hybridized carbons (Fsp3) is 0.600. The first-order valence-corrected chi connectivity index (χ1v) is 6.66. The van der Waals surface area contributed by atoms with Crippen LogP contribution in [-0.2, 0) is 0 Å². The van der Waals surface area contributed by atoms with Crippen molar-refractivity contribution in [2.45, 2.75) is 32.2 Å². The Morgan fingerprint density at radius 1 is 1.29 bits per heavy atom. The summed E-state index contributed by atoms with van der Waals surface area (Å²) < 4.78 is 0. The Morgan fingerprint density at radius 3 is 2.53 bits per heavy atom. The van der Waals surface area contributed by atoms with Crippen molar-refractivity contribution in [1.29, 1.82) is 0 Å². The lowest BCUT2D eigenvalue weighted by Gasteiger charge is -2.19. The fourth-order valence-electron chi connectivity index (χ4n) is 2.17. The van der Waals surface area contributed by atoms with Crippen molar-refractivity contribution < 1.29 is 0 Å². The molecule has 1 aromatic carbocycles. The summed E-state index contributed by atoms with van der Waals surface area (Å²) in [6.45, 7) is 4.46. The maximum absolute atomic E-state index is 6.21. The smallest absolute Gasteiger partial charge is 0.0307 e. The second-order valence-electron chi connectivity index (χ2n) is 5.51. The van der Waals surface area contributed by atoms with Gasteiger partial charge in [0.15, 0.2) is 0 Å².